The summed E-state index contributed by atoms with van der Waals surface area (Å²) < 4.78 is 0. The summed E-state index contributed by atoms with van der Waals surface area (Å²) in [5.74, 6) is 0.494. The van der Waals surface area contributed by atoms with Crippen LogP contribution in [0.25, 0.3) is 0 Å². The number of anilines is 1. The maximum absolute atomic E-state index is 5.92. The Kier molecular flexibility index (Phi) is 7.45. The molecule has 0 spiro atoms. The molecule has 1 aromatic rings. The number of aryl methyl sites for hydroxylation is 1. The Morgan fingerprint density at radius 1 is 1.33 bits per heavy atom. The number of hydrogen-bond acceptors (Lipinski definition) is 2. The molecule has 5 heteroatoms. The van der Waals surface area contributed by atoms with Crippen molar-refractivity contribution in [1.82, 2.24) is 4.90 Å². The van der Waals surface area contributed by atoms with Crippen LogP contribution in [0.5, 0.6) is 0 Å². The van der Waals surface area contributed by atoms with E-state index in [-0.39, 0.29) is 24.0 Å². The molecule has 0 amide bonds. The molecule has 21 heavy (non-hydrogen) atoms. The van der Waals surface area contributed by atoms with Gasteiger partial charge < -0.3 is 11.1 Å². The third kappa shape index (κ3) is 6.22. The van der Waals surface area contributed by atoms with Crippen molar-refractivity contribution in [3.05, 3.63) is 29.8 Å². The molecule has 0 atom stereocenters. The number of aliphatic imine (C=N–C) groups is 1. The van der Waals surface area contributed by atoms with E-state index in [1.165, 1.54) is 18.4 Å². The van der Waals surface area contributed by atoms with Gasteiger partial charge in [0.15, 0.2) is 5.96 Å². The molecule has 118 valence electrons. The summed E-state index contributed by atoms with van der Waals surface area (Å²) in [6.07, 6.45) is 2.66. The molecule has 0 aromatic heterocycles. The molecule has 0 heterocycles. The van der Waals surface area contributed by atoms with E-state index in [0.717, 1.165) is 24.8 Å². The summed E-state index contributed by atoms with van der Waals surface area (Å²) >= 11 is 0. The van der Waals surface area contributed by atoms with Crippen LogP contribution in [0.3, 0.4) is 0 Å². The number of hydrogen-bond donors (Lipinski definition) is 2. The van der Waals surface area contributed by atoms with E-state index in [2.05, 4.69) is 48.1 Å². The Morgan fingerprint density at radius 3 is 2.48 bits per heavy atom. The van der Waals surface area contributed by atoms with Gasteiger partial charge >= 0.3 is 0 Å². The summed E-state index contributed by atoms with van der Waals surface area (Å²) in [5.41, 5.74) is 8.14. The summed E-state index contributed by atoms with van der Waals surface area (Å²) in [7, 11) is 0. The fourth-order valence-corrected chi connectivity index (χ4v) is 2.38. The van der Waals surface area contributed by atoms with Crippen LogP contribution in [0.2, 0.25) is 0 Å². The highest BCUT2D eigenvalue weighted by molar-refractivity contribution is 14.0. The number of nitrogens with two attached hydrogens (primary N) is 1. The summed E-state index contributed by atoms with van der Waals surface area (Å²) in [6.45, 7) is 8.30. The number of halogens is 1. The second kappa shape index (κ2) is 8.58. The molecule has 1 aromatic carbocycles. The molecule has 0 unspecified atom stereocenters. The van der Waals surface area contributed by atoms with Gasteiger partial charge in [-0.3, -0.25) is 9.89 Å². The van der Waals surface area contributed by atoms with Crippen molar-refractivity contribution < 1.29 is 0 Å². The molecule has 1 saturated carbocycles. The predicted octanol–water partition coefficient (Wildman–Crippen LogP) is 3.21. The highest BCUT2D eigenvalue weighted by Gasteiger charge is 2.29. The third-order valence-electron chi connectivity index (χ3n) is 3.64. The maximum Gasteiger partial charge on any atom is 0.193 e. The minimum Gasteiger partial charge on any atom is -0.370 e. The van der Waals surface area contributed by atoms with Gasteiger partial charge in [0.05, 0.1) is 6.54 Å². The average Bonchev–Trinajstić information content (AvgIpc) is 3.21. The van der Waals surface area contributed by atoms with E-state index >= 15 is 0 Å². The van der Waals surface area contributed by atoms with Gasteiger partial charge in [0.25, 0.3) is 0 Å². The first-order valence-corrected chi connectivity index (χ1v) is 7.45. The van der Waals surface area contributed by atoms with Crippen LogP contribution in [0.15, 0.2) is 29.3 Å². The van der Waals surface area contributed by atoms with Crippen molar-refractivity contribution in [3.63, 3.8) is 0 Å². The van der Waals surface area contributed by atoms with Gasteiger partial charge in [-0.1, -0.05) is 17.7 Å². The number of rotatable bonds is 6. The predicted molar refractivity (Wildman–Crippen MR) is 102 cm³/mol. The van der Waals surface area contributed by atoms with Gasteiger partial charge in [-0.15, -0.1) is 24.0 Å². The molecule has 0 saturated heterocycles. The average molecular weight is 402 g/mol. The highest BCUT2D eigenvalue weighted by Crippen LogP contribution is 2.28. The quantitative estimate of drug-likeness (QED) is 0.437. The molecule has 1 aliphatic carbocycles. The molecule has 0 radical (unpaired) electrons. The fourth-order valence-electron chi connectivity index (χ4n) is 2.38. The first-order valence-electron chi connectivity index (χ1n) is 7.45. The van der Waals surface area contributed by atoms with E-state index in [4.69, 9.17) is 5.73 Å². The Balaban J connectivity index is 0.00000220. The number of nitrogens with one attached hydrogen (secondary N) is 1. The molecule has 4 nitrogen and oxygen atoms in total. The zero-order chi connectivity index (χ0) is 14.5. The molecule has 1 fully saturated rings. The lowest BCUT2D eigenvalue weighted by Gasteiger charge is -2.25. The van der Waals surface area contributed by atoms with Crippen molar-refractivity contribution in [1.29, 1.82) is 0 Å². The first kappa shape index (κ1) is 18.2. The van der Waals surface area contributed by atoms with Gasteiger partial charge in [-0.05, 0) is 45.7 Å². The van der Waals surface area contributed by atoms with Crippen LogP contribution in [0.1, 0.15) is 32.3 Å². The topological polar surface area (TPSA) is 53.6 Å². The second-order valence-corrected chi connectivity index (χ2v) is 5.82. The second-order valence-electron chi connectivity index (χ2n) is 5.82. The van der Waals surface area contributed by atoms with Gasteiger partial charge in [0.2, 0.25) is 0 Å². The first-order chi connectivity index (χ1) is 9.56. The Bertz CT molecular complexity index is 450. The lowest BCUT2D eigenvalue weighted by Crippen LogP contribution is -2.35. The lowest BCUT2D eigenvalue weighted by atomic mass is 10.2. The highest BCUT2D eigenvalue weighted by atomic mass is 127. The van der Waals surface area contributed by atoms with Crippen molar-refractivity contribution in [2.45, 2.75) is 45.7 Å². The normalized spacial score (nSPS) is 15.2. The molecule has 0 aliphatic heterocycles. The number of guanidine groups is 1. The fraction of sp³-hybridized carbons (Fsp3) is 0.562. The number of nitrogens with zero attached hydrogens (tertiary/aromatic N) is 2. The van der Waals surface area contributed by atoms with Crippen LogP contribution in [0, 0.1) is 6.92 Å². The molecular weight excluding hydrogens is 375 g/mol. The molecule has 3 N–H and O–H groups in total. The zero-order valence-corrected chi connectivity index (χ0v) is 15.5. The Hall–Kier alpha value is -0.820. The molecule has 2 rings (SSSR count). The lowest BCUT2D eigenvalue weighted by molar-refractivity contribution is 0.218. The smallest absolute Gasteiger partial charge is 0.193 e. The Labute approximate surface area is 145 Å². The third-order valence-corrected chi connectivity index (χ3v) is 3.64. The zero-order valence-electron chi connectivity index (χ0n) is 13.2. The van der Waals surface area contributed by atoms with Gasteiger partial charge in [0, 0.05) is 24.3 Å². The van der Waals surface area contributed by atoms with Crippen molar-refractivity contribution >= 4 is 35.6 Å². The van der Waals surface area contributed by atoms with Crippen LogP contribution in [0.4, 0.5) is 5.69 Å². The largest absolute Gasteiger partial charge is 0.370 e. The monoisotopic (exact) mass is 402 g/mol. The van der Waals surface area contributed by atoms with Crippen LogP contribution < -0.4 is 11.1 Å². The van der Waals surface area contributed by atoms with Crippen LogP contribution in [-0.4, -0.2) is 36.0 Å². The van der Waals surface area contributed by atoms with Crippen molar-refractivity contribution in [2.75, 3.05) is 18.4 Å². The van der Waals surface area contributed by atoms with E-state index in [1.807, 2.05) is 12.1 Å². The SMILES string of the molecule is Cc1ccc(NC(N)=NCCN(C(C)C)C2CC2)cc1.I. The molecular formula is C16H27IN4. The van der Waals surface area contributed by atoms with Gasteiger partial charge in [0.1, 0.15) is 0 Å². The molecule has 1 aliphatic rings. The minimum atomic E-state index is 0. The van der Waals surface area contributed by atoms with E-state index in [9.17, 15) is 0 Å². The van der Waals surface area contributed by atoms with E-state index in [1.54, 1.807) is 0 Å². The van der Waals surface area contributed by atoms with Crippen LogP contribution >= 0.6 is 24.0 Å². The van der Waals surface area contributed by atoms with E-state index < -0.39 is 0 Å². The van der Waals surface area contributed by atoms with Gasteiger partial charge in [-0.2, -0.15) is 0 Å². The minimum absolute atomic E-state index is 0. The van der Waals surface area contributed by atoms with Gasteiger partial charge in [-0.25, -0.2) is 0 Å². The number of benzene rings is 1. The van der Waals surface area contributed by atoms with Crippen molar-refractivity contribution in [2.24, 2.45) is 10.7 Å². The molecule has 0 bridgehead atoms. The maximum atomic E-state index is 5.92. The summed E-state index contributed by atoms with van der Waals surface area (Å²) in [6, 6.07) is 9.51. The standard InChI is InChI=1S/C16H26N4.HI/c1-12(2)20(15-8-9-15)11-10-18-16(17)19-14-6-4-13(3)5-7-14;/h4-7,12,15H,8-11H2,1-3H3,(H3,17,18,19);1H. The summed E-state index contributed by atoms with van der Waals surface area (Å²) in [5, 5.41) is 3.13. The van der Waals surface area contributed by atoms with Crippen LogP contribution in [-0.2, 0) is 0 Å². The summed E-state index contributed by atoms with van der Waals surface area (Å²) in [4.78, 5) is 6.93. The Morgan fingerprint density at radius 2 is 1.95 bits per heavy atom. The van der Waals surface area contributed by atoms with E-state index in [0.29, 0.717) is 12.0 Å². The van der Waals surface area contributed by atoms with Crippen molar-refractivity contribution in [3.8, 4) is 0 Å².